The van der Waals surface area contributed by atoms with Gasteiger partial charge in [-0.25, -0.2) is 0 Å². The normalized spacial score (nSPS) is 15.8. The van der Waals surface area contributed by atoms with Gasteiger partial charge in [-0.2, -0.15) is 18.3 Å². The fraction of sp³-hybridized carbons (Fsp3) is 0.571. The number of anilines is 1. The van der Waals surface area contributed by atoms with E-state index in [9.17, 15) is 22.8 Å². The van der Waals surface area contributed by atoms with Crippen molar-refractivity contribution in [1.82, 2.24) is 15.1 Å². The summed E-state index contributed by atoms with van der Waals surface area (Å²) in [4.78, 5) is 26.7. The number of hydrogen-bond acceptors (Lipinski definition) is 4. The smallest absolute Gasteiger partial charge is 0.356 e. The van der Waals surface area contributed by atoms with E-state index in [1.54, 1.807) is 0 Å². The highest BCUT2D eigenvalue weighted by Crippen LogP contribution is 2.39. The average Bonchev–Trinajstić information content (AvgIpc) is 3.30. The minimum Gasteiger partial charge on any atom is -0.356 e. The van der Waals surface area contributed by atoms with Crippen molar-refractivity contribution in [2.24, 2.45) is 0 Å². The molecular formula is C21H27F3N5O2S+. The molecule has 2 heterocycles. The van der Waals surface area contributed by atoms with Crippen LogP contribution in [-0.2, 0) is 43.2 Å². The third-order valence-electron chi connectivity index (χ3n) is 5.93. The van der Waals surface area contributed by atoms with Crippen molar-refractivity contribution in [3.63, 3.8) is 0 Å². The SMILES string of the molecule is [NH3+]CCNC(=O)c1c(NC(=O)Cn2nc(C(F)(F)F)c3c2CCCC3)sc2c1CCCC2. The first-order chi connectivity index (χ1) is 15.3. The molecule has 2 aromatic heterocycles. The summed E-state index contributed by atoms with van der Waals surface area (Å²) in [5.74, 6) is -0.737. The quantitative estimate of drug-likeness (QED) is 0.604. The van der Waals surface area contributed by atoms with Crippen LogP contribution in [0.2, 0.25) is 0 Å². The van der Waals surface area contributed by atoms with Crippen LogP contribution in [0.15, 0.2) is 0 Å². The molecule has 0 saturated carbocycles. The zero-order valence-corrected chi connectivity index (χ0v) is 18.6. The molecule has 4 rings (SSSR count). The van der Waals surface area contributed by atoms with Crippen LogP contribution < -0.4 is 16.4 Å². The third kappa shape index (κ3) is 4.54. The van der Waals surface area contributed by atoms with E-state index < -0.39 is 17.8 Å². The molecule has 0 unspecified atom stereocenters. The molecule has 2 aliphatic rings. The van der Waals surface area contributed by atoms with Crippen LogP contribution in [0.4, 0.5) is 18.2 Å². The molecular weight excluding hydrogens is 443 g/mol. The molecule has 0 aliphatic heterocycles. The van der Waals surface area contributed by atoms with Gasteiger partial charge >= 0.3 is 6.18 Å². The van der Waals surface area contributed by atoms with Crippen molar-refractivity contribution in [1.29, 1.82) is 0 Å². The Kier molecular flexibility index (Phi) is 6.57. The van der Waals surface area contributed by atoms with Crippen LogP contribution in [0.1, 0.15) is 63.4 Å². The first-order valence-electron chi connectivity index (χ1n) is 11.0. The summed E-state index contributed by atoms with van der Waals surface area (Å²) in [6.45, 7) is 0.656. The zero-order chi connectivity index (χ0) is 22.9. The van der Waals surface area contributed by atoms with E-state index in [1.807, 2.05) is 0 Å². The molecule has 0 bridgehead atoms. The lowest BCUT2D eigenvalue weighted by molar-refractivity contribution is -0.364. The lowest BCUT2D eigenvalue weighted by Gasteiger charge is -2.15. The predicted octanol–water partition coefficient (Wildman–Crippen LogP) is 2.33. The van der Waals surface area contributed by atoms with Crippen molar-refractivity contribution in [2.45, 2.75) is 64.1 Å². The van der Waals surface area contributed by atoms with Gasteiger partial charge in [-0.3, -0.25) is 14.3 Å². The Hall–Kier alpha value is -2.40. The number of aromatic nitrogens is 2. The second-order valence-electron chi connectivity index (χ2n) is 8.21. The number of quaternary nitrogens is 1. The number of aryl methyl sites for hydroxylation is 1. The maximum absolute atomic E-state index is 13.4. The number of nitrogens with one attached hydrogen (secondary N) is 2. The topological polar surface area (TPSA) is 104 Å². The van der Waals surface area contributed by atoms with E-state index in [4.69, 9.17) is 0 Å². The largest absolute Gasteiger partial charge is 0.435 e. The Bertz CT molecular complexity index is 1030. The van der Waals surface area contributed by atoms with Gasteiger partial charge in [0.15, 0.2) is 5.69 Å². The molecule has 2 aliphatic carbocycles. The number of halogens is 3. The van der Waals surface area contributed by atoms with E-state index in [0.29, 0.717) is 48.6 Å². The number of carbonyl (C=O) groups excluding carboxylic acids is 2. The molecule has 0 saturated heterocycles. The van der Waals surface area contributed by atoms with Gasteiger partial charge in [-0.15, -0.1) is 11.3 Å². The summed E-state index contributed by atoms with van der Waals surface area (Å²) in [6, 6.07) is 0. The minimum atomic E-state index is -4.55. The standard InChI is InChI=1S/C21H26F3N5O2S/c22-21(23,24)18-12-5-1-3-7-14(12)29(28-18)11-16(30)27-20-17(19(31)26-10-9-25)13-6-2-4-8-15(13)32-20/h1-11,25H2,(H,26,31)(H,27,30)/p+1. The van der Waals surface area contributed by atoms with Gasteiger partial charge in [0.25, 0.3) is 5.91 Å². The number of alkyl halides is 3. The lowest BCUT2D eigenvalue weighted by Crippen LogP contribution is -2.54. The highest BCUT2D eigenvalue weighted by Gasteiger charge is 2.39. The number of fused-ring (bicyclic) bond motifs is 2. The molecule has 32 heavy (non-hydrogen) atoms. The number of amides is 2. The molecule has 174 valence electrons. The third-order valence-corrected chi connectivity index (χ3v) is 7.14. The van der Waals surface area contributed by atoms with Crippen molar-refractivity contribution >= 4 is 28.2 Å². The maximum atomic E-state index is 13.4. The average molecular weight is 471 g/mol. The molecule has 7 nitrogen and oxygen atoms in total. The van der Waals surface area contributed by atoms with Gasteiger partial charge in [0.05, 0.1) is 18.7 Å². The van der Waals surface area contributed by atoms with E-state index in [2.05, 4.69) is 21.5 Å². The van der Waals surface area contributed by atoms with Crippen LogP contribution in [-0.4, -0.2) is 34.7 Å². The highest BCUT2D eigenvalue weighted by atomic mass is 32.1. The van der Waals surface area contributed by atoms with Gasteiger partial charge < -0.3 is 16.4 Å². The fourth-order valence-corrected chi connectivity index (χ4v) is 5.82. The lowest BCUT2D eigenvalue weighted by atomic mass is 9.95. The summed E-state index contributed by atoms with van der Waals surface area (Å²) < 4.78 is 41.5. The molecule has 0 fully saturated rings. The number of rotatable bonds is 6. The molecule has 5 N–H and O–H groups in total. The first-order valence-corrected chi connectivity index (χ1v) is 11.8. The zero-order valence-electron chi connectivity index (χ0n) is 17.7. The second kappa shape index (κ2) is 9.22. The molecule has 2 amide bonds. The molecule has 0 atom stereocenters. The second-order valence-corrected chi connectivity index (χ2v) is 9.31. The number of carbonyl (C=O) groups is 2. The highest BCUT2D eigenvalue weighted by molar-refractivity contribution is 7.17. The minimum absolute atomic E-state index is 0.205. The van der Waals surface area contributed by atoms with Gasteiger partial charge in [0, 0.05) is 16.1 Å². The molecule has 2 aromatic rings. The molecule has 0 spiro atoms. The first kappa shape index (κ1) is 22.8. The predicted molar refractivity (Wildman–Crippen MR) is 114 cm³/mol. The van der Waals surface area contributed by atoms with Gasteiger partial charge in [0.2, 0.25) is 5.91 Å². The maximum Gasteiger partial charge on any atom is 0.435 e. The summed E-state index contributed by atoms with van der Waals surface area (Å²) >= 11 is 1.38. The van der Waals surface area contributed by atoms with Crippen LogP contribution in [0.5, 0.6) is 0 Å². The van der Waals surface area contributed by atoms with Crippen molar-refractivity contribution < 1.29 is 28.5 Å². The van der Waals surface area contributed by atoms with Crippen molar-refractivity contribution in [2.75, 3.05) is 18.4 Å². The van der Waals surface area contributed by atoms with Crippen LogP contribution in [0, 0.1) is 0 Å². The summed E-state index contributed by atoms with van der Waals surface area (Å²) in [5, 5.41) is 9.82. The summed E-state index contributed by atoms with van der Waals surface area (Å²) in [7, 11) is 0. The monoisotopic (exact) mass is 470 g/mol. The van der Waals surface area contributed by atoms with Crippen LogP contribution in [0.25, 0.3) is 0 Å². The van der Waals surface area contributed by atoms with Gasteiger partial charge in [-0.1, -0.05) is 0 Å². The Labute approximate surface area is 187 Å². The molecule has 0 radical (unpaired) electrons. The Morgan fingerprint density at radius 1 is 1.06 bits per heavy atom. The van der Waals surface area contributed by atoms with Crippen LogP contribution >= 0.6 is 11.3 Å². The van der Waals surface area contributed by atoms with E-state index in [-0.39, 0.29) is 18.0 Å². The Balaban J connectivity index is 1.58. The van der Waals surface area contributed by atoms with E-state index in [1.165, 1.54) is 16.0 Å². The molecule has 0 aromatic carbocycles. The Morgan fingerprint density at radius 2 is 1.75 bits per heavy atom. The number of hydrogen-bond donors (Lipinski definition) is 3. The van der Waals surface area contributed by atoms with Crippen molar-refractivity contribution in [3.8, 4) is 0 Å². The summed E-state index contributed by atoms with van der Waals surface area (Å²) in [6.07, 6.45) is 1.33. The Morgan fingerprint density at radius 3 is 2.47 bits per heavy atom. The van der Waals surface area contributed by atoms with E-state index in [0.717, 1.165) is 42.5 Å². The van der Waals surface area contributed by atoms with Gasteiger partial charge in [0.1, 0.15) is 11.5 Å². The van der Waals surface area contributed by atoms with Crippen LogP contribution in [0.3, 0.4) is 0 Å². The van der Waals surface area contributed by atoms with Crippen molar-refractivity contribution in [3.05, 3.63) is 33.0 Å². The summed E-state index contributed by atoms with van der Waals surface area (Å²) in [5.41, 5.74) is 4.97. The number of nitrogens with zero attached hydrogens (tertiary/aromatic N) is 2. The molecule has 11 heteroatoms. The van der Waals surface area contributed by atoms with E-state index >= 15 is 0 Å². The van der Waals surface area contributed by atoms with Gasteiger partial charge in [-0.05, 0) is 56.9 Å². The fourth-order valence-electron chi connectivity index (χ4n) is 4.52. The number of thiophene rings is 1.